The summed E-state index contributed by atoms with van der Waals surface area (Å²) in [4.78, 5) is 14.1. The molecule has 1 saturated carbocycles. The number of nitrogens with zero attached hydrogens (tertiary/aromatic N) is 1. The van der Waals surface area contributed by atoms with Crippen molar-refractivity contribution in [2.24, 2.45) is 0 Å². The number of likely N-dealkylation sites (N-methyl/N-ethyl adjacent to an activating group) is 1. The van der Waals surface area contributed by atoms with Gasteiger partial charge >= 0.3 is 0 Å². The number of carbonyl (C=O) groups is 1. The predicted octanol–water partition coefficient (Wildman–Crippen LogP) is 1.60. The Bertz CT molecular complexity index is 492. The second-order valence-electron chi connectivity index (χ2n) is 5.90. The van der Waals surface area contributed by atoms with E-state index in [-0.39, 0.29) is 18.1 Å². The van der Waals surface area contributed by atoms with Gasteiger partial charge in [-0.2, -0.15) is 0 Å². The maximum absolute atomic E-state index is 12.2. The van der Waals surface area contributed by atoms with Crippen molar-refractivity contribution in [3.63, 3.8) is 0 Å². The van der Waals surface area contributed by atoms with Crippen molar-refractivity contribution in [3.05, 3.63) is 35.9 Å². The van der Waals surface area contributed by atoms with E-state index in [0.717, 1.165) is 19.3 Å². The van der Waals surface area contributed by atoms with Crippen LogP contribution in [0, 0.1) is 0 Å². The lowest BCUT2D eigenvalue weighted by molar-refractivity contribution is -0.255. The number of fused-ring (bicyclic) bond motifs is 1. The third-order valence-corrected chi connectivity index (χ3v) is 4.25. The normalized spacial score (nSPS) is 31.4. The van der Waals surface area contributed by atoms with Gasteiger partial charge in [-0.05, 0) is 45.5 Å². The van der Waals surface area contributed by atoms with Crippen LogP contribution in [-0.2, 0) is 9.47 Å². The Labute approximate surface area is 125 Å². The molecule has 1 aliphatic heterocycles. The molecule has 114 valence electrons. The third-order valence-electron chi connectivity index (χ3n) is 4.25. The van der Waals surface area contributed by atoms with E-state index >= 15 is 0 Å². The Morgan fingerprint density at radius 1 is 1.24 bits per heavy atom. The second-order valence-corrected chi connectivity index (χ2v) is 5.90. The van der Waals surface area contributed by atoms with E-state index in [1.165, 1.54) is 0 Å². The van der Waals surface area contributed by atoms with Gasteiger partial charge in [-0.1, -0.05) is 18.2 Å². The zero-order chi connectivity index (χ0) is 14.9. The summed E-state index contributed by atoms with van der Waals surface area (Å²) in [5, 5.41) is 2.92. The van der Waals surface area contributed by atoms with E-state index in [0.29, 0.717) is 12.1 Å². The summed E-state index contributed by atoms with van der Waals surface area (Å²) >= 11 is 0. The minimum atomic E-state index is -0.847. The first-order chi connectivity index (χ1) is 10.1. The number of ether oxygens (including phenoxy) is 2. The maximum Gasteiger partial charge on any atom is 0.251 e. The van der Waals surface area contributed by atoms with E-state index in [4.69, 9.17) is 9.47 Å². The molecule has 5 heteroatoms. The summed E-state index contributed by atoms with van der Waals surface area (Å²) in [6.45, 7) is 0.320. The van der Waals surface area contributed by atoms with Gasteiger partial charge in [0.05, 0.1) is 18.8 Å². The van der Waals surface area contributed by atoms with Gasteiger partial charge in [0.2, 0.25) is 5.91 Å². The fraction of sp³-hybridized carbons (Fsp3) is 0.562. The molecule has 5 nitrogen and oxygen atoms in total. The van der Waals surface area contributed by atoms with Gasteiger partial charge in [0.1, 0.15) is 0 Å². The molecule has 0 aromatic heterocycles. The molecule has 1 heterocycles. The molecule has 1 amide bonds. The standard InChI is InChI=1S/C16H22N2O3/c1-18(2)16(20-13-9-6-10-14(13)21-16)11-17-15(19)12-7-4-3-5-8-12/h3-5,7-8,13-14H,6,9-11H2,1-2H3,(H,17,19). The van der Waals surface area contributed by atoms with Gasteiger partial charge in [0, 0.05) is 5.56 Å². The lowest BCUT2D eigenvalue weighted by atomic mass is 10.2. The van der Waals surface area contributed by atoms with E-state index in [1.807, 2.05) is 37.2 Å². The molecule has 2 unspecified atom stereocenters. The van der Waals surface area contributed by atoms with Gasteiger partial charge in [-0.25, -0.2) is 0 Å². The number of carbonyl (C=O) groups excluding carboxylic acids is 1. The van der Waals surface area contributed by atoms with Gasteiger partial charge in [-0.3, -0.25) is 9.69 Å². The van der Waals surface area contributed by atoms with Crippen molar-refractivity contribution in [1.29, 1.82) is 0 Å². The first-order valence-corrected chi connectivity index (χ1v) is 7.47. The van der Waals surface area contributed by atoms with Gasteiger partial charge < -0.3 is 14.8 Å². The molecule has 1 aliphatic carbocycles. The van der Waals surface area contributed by atoms with Crippen LogP contribution < -0.4 is 5.32 Å². The molecular weight excluding hydrogens is 268 g/mol. The molecule has 2 aliphatic rings. The van der Waals surface area contributed by atoms with Crippen molar-refractivity contribution in [2.45, 2.75) is 37.4 Å². The molecule has 1 aromatic carbocycles. The van der Waals surface area contributed by atoms with Crippen molar-refractivity contribution >= 4 is 5.91 Å². The SMILES string of the molecule is CN(C)C1(CNC(=O)c2ccccc2)OC2CCCC2O1. The molecule has 0 radical (unpaired) electrons. The summed E-state index contributed by atoms with van der Waals surface area (Å²) in [5.74, 6) is -0.957. The van der Waals surface area contributed by atoms with Crippen molar-refractivity contribution in [1.82, 2.24) is 10.2 Å². The molecule has 2 atom stereocenters. The van der Waals surface area contributed by atoms with Gasteiger partial charge in [-0.15, -0.1) is 0 Å². The van der Waals surface area contributed by atoms with E-state index < -0.39 is 5.91 Å². The maximum atomic E-state index is 12.2. The number of benzene rings is 1. The number of rotatable bonds is 4. The Hall–Kier alpha value is -1.43. The second kappa shape index (κ2) is 5.75. The fourth-order valence-corrected chi connectivity index (χ4v) is 3.00. The van der Waals surface area contributed by atoms with Crippen LogP contribution >= 0.6 is 0 Å². The van der Waals surface area contributed by atoms with Crippen LogP contribution in [-0.4, -0.2) is 49.6 Å². The van der Waals surface area contributed by atoms with Crippen LogP contribution in [0.4, 0.5) is 0 Å². The fourth-order valence-electron chi connectivity index (χ4n) is 3.00. The van der Waals surface area contributed by atoms with Crippen molar-refractivity contribution in [3.8, 4) is 0 Å². The van der Waals surface area contributed by atoms with E-state index in [9.17, 15) is 4.79 Å². The average molecular weight is 290 g/mol. The lowest BCUT2D eigenvalue weighted by Crippen LogP contribution is -2.54. The minimum Gasteiger partial charge on any atom is -0.345 e. The van der Waals surface area contributed by atoms with E-state index in [2.05, 4.69) is 5.32 Å². The molecule has 1 saturated heterocycles. The van der Waals surface area contributed by atoms with Crippen LogP contribution in [0.25, 0.3) is 0 Å². The third kappa shape index (κ3) is 2.81. The molecule has 0 bridgehead atoms. The van der Waals surface area contributed by atoms with Crippen LogP contribution in [0.3, 0.4) is 0 Å². The smallest absolute Gasteiger partial charge is 0.251 e. The highest BCUT2D eigenvalue weighted by Gasteiger charge is 2.51. The van der Waals surface area contributed by atoms with Crippen LogP contribution in [0.1, 0.15) is 29.6 Å². The summed E-state index contributed by atoms with van der Waals surface area (Å²) < 4.78 is 12.2. The minimum absolute atomic E-state index is 0.110. The van der Waals surface area contributed by atoms with Gasteiger partial charge in [0.25, 0.3) is 5.91 Å². The summed E-state index contributed by atoms with van der Waals surface area (Å²) in [6.07, 6.45) is 3.52. The zero-order valence-electron chi connectivity index (χ0n) is 12.5. The Morgan fingerprint density at radius 3 is 2.43 bits per heavy atom. The Morgan fingerprint density at radius 2 is 1.86 bits per heavy atom. The monoisotopic (exact) mass is 290 g/mol. The highest BCUT2D eigenvalue weighted by atomic mass is 16.8. The van der Waals surface area contributed by atoms with Crippen molar-refractivity contribution in [2.75, 3.05) is 20.6 Å². The number of amides is 1. The first-order valence-electron chi connectivity index (χ1n) is 7.47. The molecule has 1 aromatic rings. The molecule has 3 rings (SSSR count). The highest BCUT2D eigenvalue weighted by molar-refractivity contribution is 5.94. The predicted molar refractivity (Wildman–Crippen MR) is 78.8 cm³/mol. The average Bonchev–Trinajstić information content (AvgIpc) is 3.05. The highest BCUT2D eigenvalue weighted by Crippen LogP contribution is 2.39. The van der Waals surface area contributed by atoms with Gasteiger partial charge in [0.15, 0.2) is 0 Å². The largest absolute Gasteiger partial charge is 0.345 e. The Balaban J connectivity index is 1.66. The van der Waals surface area contributed by atoms with Crippen molar-refractivity contribution < 1.29 is 14.3 Å². The number of hydrogen-bond donors (Lipinski definition) is 1. The summed E-state index contributed by atoms with van der Waals surface area (Å²) in [5.41, 5.74) is 0.643. The molecule has 0 spiro atoms. The molecule has 1 N–H and O–H groups in total. The lowest BCUT2D eigenvalue weighted by Gasteiger charge is -2.35. The zero-order valence-corrected chi connectivity index (χ0v) is 12.5. The Kier molecular flexibility index (Phi) is 3.97. The quantitative estimate of drug-likeness (QED) is 0.915. The van der Waals surface area contributed by atoms with E-state index in [1.54, 1.807) is 12.1 Å². The molecule has 2 fully saturated rings. The number of hydrogen-bond acceptors (Lipinski definition) is 4. The summed E-state index contributed by atoms with van der Waals surface area (Å²) in [7, 11) is 3.82. The van der Waals surface area contributed by atoms with Crippen LogP contribution in [0.5, 0.6) is 0 Å². The van der Waals surface area contributed by atoms with Crippen LogP contribution in [0.15, 0.2) is 30.3 Å². The molecular formula is C16H22N2O3. The summed E-state index contributed by atoms with van der Waals surface area (Å²) in [6, 6.07) is 9.18. The topological polar surface area (TPSA) is 50.8 Å². The van der Waals surface area contributed by atoms with Crippen LogP contribution in [0.2, 0.25) is 0 Å². The molecule has 21 heavy (non-hydrogen) atoms. The first kappa shape index (κ1) is 14.5. The number of nitrogens with one attached hydrogen (secondary N) is 1.